The molecule has 0 atom stereocenters. The van der Waals surface area contributed by atoms with Crippen molar-refractivity contribution >= 4 is 0 Å². The SMILES string of the molecule is CC(C)c1cnc(C(C)(C)C)c(F)n1. The molecule has 0 saturated carbocycles. The Morgan fingerprint density at radius 2 is 1.86 bits per heavy atom. The van der Waals surface area contributed by atoms with Gasteiger partial charge >= 0.3 is 0 Å². The lowest BCUT2D eigenvalue weighted by molar-refractivity contribution is 0.473. The van der Waals surface area contributed by atoms with Gasteiger partial charge in [0.1, 0.15) is 5.69 Å². The maximum Gasteiger partial charge on any atom is 0.235 e. The minimum Gasteiger partial charge on any atom is -0.254 e. The van der Waals surface area contributed by atoms with Crippen molar-refractivity contribution in [2.24, 2.45) is 0 Å². The van der Waals surface area contributed by atoms with Gasteiger partial charge in [-0.1, -0.05) is 34.6 Å². The predicted octanol–water partition coefficient (Wildman–Crippen LogP) is 3.04. The first-order valence-corrected chi connectivity index (χ1v) is 4.85. The van der Waals surface area contributed by atoms with Gasteiger partial charge in [-0.3, -0.25) is 4.98 Å². The lowest BCUT2D eigenvalue weighted by atomic mass is 9.92. The van der Waals surface area contributed by atoms with Crippen LogP contribution in [0.1, 0.15) is 51.9 Å². The van der Waals surface area contributed by atoms with Crippen LogP contribution in [-0.2, 0) is 5.41 Å². The zero-order valence-electron chi connectivity index (χ0n) is 9.43. The molecule has 0 bridgehead atoms. The van der Waals surface area contributed by atoms with Crippen LogP contribution in [0.15, 0.2) is 6.20 Å². The van der Waals surface area contributed by atoms with E-state index >= 15 is 0 Å². The highest BCUT2D eigenvalue weighted by molar-refractivity contribution is 5.14. The van der Waals surface area contributed by atoms with Crippen LogP contribution in [0.2, 0.25) is 0 Å². The van der Waals surface area contributed by atoms with Crippen molar-refractivity contribution in [1.82, 2.24) is 9.97 Å². The third-order valence-electron chi connectivity index (χ3n) is 2.05. The topological polar surface area (TPSA) is 25.8 Å². The summed E-state index contributed by atoms with van der Waals surface area (Å²) in [7, 11) is 0. The van der Waals surface area contributed by atoms with Crippen LogP contribution in [0.25, 0.3) is 0 Å². The molecular weight excluding hydrogens is 179 g/mol. The van der Waals surface area contributed by atoms with Crippen molar-refractivity contribution in [1.29, 1.82) is 0 Å². The van der Waals surface area contributed by atoms with Gasteiger partial charge in [0.05, 0.1) is 5.69 Å². The van der Waals surface area contributed by atoms with E-state index < -0.39 is 5.95 Å². The van der Waals surface area contributed by atoms with Gasteiger partial charge < -0.3 is 0 Å². The zero-order valence-corrected chi connectivity index (χ0v) is 9.43. The van der Waals surface area contributed by atoms with Crippen LogP contribution < -0.4 is 0 Å². The van der Waals surface area contributed by atoms with Crippen molar-refractivity contribution in [2.45, 2.75) is 46.0 Å². The Bertz CT molecular complexity index is 327. The summed E-state index contributed by atoms with van der Waals surface area (Å²) in [5, 5.41) is 0. The zero-order chi connectivity index (χ0) is 10.9. The summed E-state index contributed by atoms with van der Waals surface area (Å²) in [6, 6.07) is 0. The first kappa shape index (κ1) is 11.1. The number of hydrogen-bond acceptors (Lipinski definition) is 2. The normalized spacial score (nSPS) is 12.2. The minimum absolute atomic E-state index is 0.214. The Morgan fingerprint density at radius 3 is 2.21 bits per heavy atom. The van der Waals surface area contributed by atoms with Gasteiger partial charge in [0, 0.05) is 11.6 Å². The molecule has 1 heterocycles. The first-order chi connectivity index (χ1) is 6.32. The second-order valence-electron chi connectivity index (χ2n) is 4.84. The summed E-state index contributed by atoms with van der Waals surface area (Å²) in [5.41, 5.74) is 0.851. The predicted molar refractivity (Wildman–Crippen MR) is 54.8 cm³/mol. The van der Waals surface area contributed by atoms with Gasteiger partial charge in [0.25, 0.3) is 0 Å². The third kappa shape index (κ3) is 2.28. The Morgan fingerprint density at radius 1 is 1.29 bits per heavy atom. The molecule has 0 amide bonds. The average Bonchev–Trinajstić information content (AvgIpc) is 2.01. The molecule has 1 aromatic heterocycles. The molecular formula is C11H17FN2. The molecule has 0 aliphatic rings. The van der Waals surface area contributed by atoms with Gasteiger partial charge in [-0.2, -0.15) is 4.39 Å². The van der Waals surface area contributed by atoms with E-state index in [1.807, 2.05) is 34.6 Å². The molecule has 1 rings (SSSR count). The lowest BCUT2D eigenvalue weighted by Crippen LogP contribution is -2.18. The quantitative estimate of drug-likeness (QED) is 0.690. The van der Waals surface area contributed by atoms with E-state index in [1.54, 1.807) is 6.20 Å². The molecule has 2 nitrogen and oxygen atoms in total. The van der Waals surface area contributed by atoms with E-state index in [-0.39, 0.29) is 11.3 Å². The Hall–Kier alpha value is -0.990. The number of hydrogen-bond donors (Lipinski definition) is 0. The van der Waals surface area contributed by atoms with Gasteiger partial charge in [0.15, 0.2) is 0 Å². The van der Waals surface area contributed by atoms with Crippen molar-refractivity contribution in [3.63, 3.8) is 0 Å². The Labute approximate surface area is 84.6 Å². The summed E-state index contributed by atoms with van der Waals surface area (Å²) >= 11 is 0. The fourth-order valence-corrected chi connectivity index (χ4v) is 1.16. The van der Waals surface area contributed by atoms with E-state index in [0.29, 0.717) is 11.4 Å². The minimum atomic E-state index is -0.441. The molecule has 1 aromatic rings. The van der Waals surface area contributed by atoms with E-state index in [9.17, 15) is 4.39 Å². The molecule has 0 spiro atoms. The average molecular weight is 196 g/mol. The first-order valence-electron chi connectivity index (χ1n) is 4.85. The van der Waals surface area contributed by atoms with Crippen LogP contribution in [0.3, 0.4) is 0 Å². The summed E-state index contributed by atoms with van der Waals surface area (Å²) in [6.45, 7) is 9.72. The van der Waals surface area contributed by atoms with Crippen LogP contribution in [0, 0.1) is 5.95 Å². The van der Waals surface area contributed by atoms with Crippen molar-refractivity contribution in [3.05, 3.63) is 23.5 Å². The molecule has 0 aliphatic carbocycles. The second-order valence-corrected chi connectivity index (χ2v) is 4.84. The molecule has 0 N–H and O–H groups in total. The molecule has 0 unspecified atom stereocenters. The standard InChI is InChI=1S/C11H17FN2/c1-7(2)8-6-13-9(10(12)14-8)11(3,4)5/h6-7H,1-5H3. The smallest absolute Gasteiger partial charge is 0.235 e. The van der Waals surface area contributed by atoms with E-state index in [1.165, 1.54) is 0 Å². The molecule has 0 saturated heterocycles. The highest BCUT2D eigenvalue weighted by Crippen LogP contribution is 2.22. The number of rotatable bonds is 1. The third-order valence-corrected chi connectivity index (χ3v) is 2.05. The van der Waals surface area contributed by atoms with Crippen molar-refractivity contribution in [3.8, 4) is 0 Å². The molecule has 78 valence electrons. The highest BCUT2D eigenvalue weighted by atomic mass is 19.1. The number of nitrogens with zero attached hydrogens (tertiary/aromatic N) is 2. The molecule has 0 radical (unpaired) electrons. The van der Waals surface area contributed by atoms with Crippen molar-refractivity contribution < 1.29 is 4.39 Å². The maximum atomic E-state index is 13.5. The lowest BCUT2D eigenvalue weighted by Gasteiger charge is -2.18. The highest BCUT2D eigenvalue weighted by Gasteiger charge is 2.21. The molecule has 3 heteroatoms. The van der Waals surface area contributed by atoms with Gasteiger partial charge in [0.2, 0.25) is 5.95 Å². The molecule has 0 aromatic carbocycles. The Balaban J connectivity index is 3.15. The summed E-state index contributed by atoms with van der Waals surface area (Å²) in [6.07, 6.45) is 1.66. The maximum absolute atomic E-state index is 13.5. The van der Waals surface area contributed by atoms with Crippen LogP contribution >= 0.6 is 0 Å². The van der Waals surface area contributed by atoms with Gasteiger partial charge in [-0.15, -0.1) is 0 Å². The summed E-state index contributed by atoms with van der Waals surface area (Å²) < 4.78 is 13.5. The number of halogens is 1. The fourth-order valence-electron chi connectivity index (χ4n) is 1.16. The monoisotopic (exact) mass is 196 g/mol. The Kier molecular flexibility index (Phi) is 2.88. The van der Waals surface area contributed by atoms with E-state index in [4.69, 9.17) is 0 Å². The second kappa shape index (κ2) is 3.64. The van der Waals surface area contributed by atoms with Crippen molar-refractivity contribution in [2.75, 3.05) is 0 Å². The van der Waals surface area contributed by atoms with E-state index in [0.717, 1.165) is 0 Å². The van der Waals surface area contributed by atoms with Gasteiger partial charge in [-0.05, 0) is 5.92 Å². The van der Waals surface area contributed by atoms with Crippen LogP contribution in [0.5, 0.6) is 0 Å². The molecule has 0 aliphatic heterocycles. The van der Waals surface area contributed by atoms with Crippen LogP contribution in [0.4, 0.5) is 4.39 Å². The summed E-state index contributed by atoms with van der Waals surface area (Å²) in [5.74, 6) is -0.227. The molecule has 0 fully saturated rings. The number of aromatic nitrogens is 2. The fraction of sp³-hybridized carbons (Fsp3) is 0.636. The van der Waals surface area contributed by atoms with Crippen LogP contribution in [-0.4, -0.2) is 9.97 Å². The largest absolute Gasteiger partial charge is 0.254 e. The van der Waals surface area contributed by atoms with Gasteiger partial charge in [-0.25, -0.2) is 4.98 Å². The molecule has 14 heavy (non-hydrogen) atoms. The van der Waals surface area contributed by atoms with E-state index in [2.05, 4.69) is 9.97 Å². The summed E-state index contributed by atoms with van der Waals surface area (Å²) in [4.78, 5) is 8.04.